The Kier molecular flexibility index (Phi) is 4.05. The predicted molar refractivity (Wildman–Crippen MR) is 80.9 cm³/mol. The number of amides is 1. The molecule has 0 spiro atoms. The maximum atomic E-state index is 12.1. The minimum atomic E-state index is 0.00354. The summed E-state index contributed by atoms with van der Waals surface area (Å²) in [6.45, 7) is 8.21. The van der Waals surface area contributed by atoms with Gasteiger partial charge in [-0.2, -0.15) is 0 Å². The molecule has 0 unspecified atom stereocenters. The molecule has 1 heterocycles. The number of carbonyl (C=O) groups excluding carboxylic acids is 1. The van der Waals surface area contributed by atoms with Gasteiger partial charge in [0, 0.05) is 4.88 Å². The van der Waals surface area contributed by atoms with E-state index in [-0.39, 0.29) is 11.9 Å². The summed E-state index contributed by atoms with van der Waals surface area (Å²) in [5, 5.41) is 3.04. The van der Waals surface area contributed by atoms with E-state index in [1.807, 2.05) is 26.0 Å². The number of hydrogen-bond donors (Lipinski definition) is 1. The van der Waals surface area contributed by atoms with E-state index < -0.39 is 0 Å². The van der Waals surface area contributed by atoms with Crippen LogP contribution in [0.4, 0.5) is 0 Å². The molecule has 0 radical (unpaired) electrons. The highest BCUT2D eigenvalue weighted by Gasteiger charge is 2.13. The van der Waals surface area contributed by atoms with Gasteiger partial charge in [0.15, 0.2) is 0 Å². The van der Waals surface area contributed by atoms with Crippen LogP contribution in [0.15, 0.2) is 30.3 Å². The molecule has 0 bridgehead atoms. The zero-order valence-corrected chi connectivity index (χ0v) is 12.6. The Labute approximate surface area is 118 Å². The molecule has 3 heteroatoms. The van der Waals surface area contributed by atoms with Crippen molar-refractivity contribution >= 4 is 17.2 Å². The fourth-order valence-electron chi connectivity index (χ4n) is 1.94. The Morgan fingerprint density at radius 1 is 1.11 bits per heavy atom. The van der Waals surface area contributed by atoms with E-state index >= 15 is 0 Å². The van der Waals surface area contributed by atoms with E-state index in [1.54, 1.807) is 0 Å². The Morgan fingerprint density at radius 2 is 1.84 bits per heavy atom. The highest BCUT2D eigenvalue weighted by Crippen LogP contribution is 2.19. The first-order chi connectivity index (χ1) is 8.97. The molecule has 0 saturated carbocycles. The molecule has 1 aromatic heterocycles. The first-order valence-electron chi connectivity index (χ1n) is 6.42. The molecule has 2 aromatic rings. The molecule has 19 heavy (non-hydrogen) atoms. The molecule has 1 atom stereocenters. The standard InChI is InChI=1S/C16H19NOS/c1-10-5-7-14(9-11(10)2)13(4)17-16(18)15-8-6-12(3)19-15/h5-9,13H,1-4H3,(H,17,18)/t13-/m0/s1. The van der Waals surface area contributed by atoms with Crippen LogP contribution in [0.3, 0.4) is 0 Å². The third-order valence-electron chi connectivity index (χ3n) is 3.34. The van der Waals surface area contributed by atoms with Crippen molar-refractivity contribution in [1.82, 2.24) is 5.32 Å². The Balaban J connectivity index is 2.10. The minimum absolute atomic E-state index is 0.00354. The van der Waals surface area contributed by atoms with Gasteiger partial charge in [0.1, 0.15) is 0 Å². The number of hydrogen-bond acceptors (Lipinski definition) is 2. The predicted octanol–water partition coefficient (Wildman–Crippen LogP) is 4.16. The highest BCUT2D eigenvalue weighted by atomic mass is 32.1. The fourth-order valence-corrected chi connectivity index (χ4v) is 2.71. The van der Waals surface area contributed by atoms with Crippen molar-refractivity contribution in [2.75, 3.05) is 0 Å². The molecule has 100 valence electrons. The first kappa shape index (κ1) is 13.8. The molecule has 0 aliphatic rings. The van der Waals surface area contributed by atoms with Gasteiger partial charge >= 0.3 is 0 Å². The fraction of sp³-hybridized carbons (Fsp3) is 0.312. The summed E-state index contributed by atoms with van der Waals surface area (Å²) < 4.78 is 0. The lowest BCUT2D eigenvalue weighted by Crippen LogP contribution is -2.25. The summed E-state index contributed by atoms with van der Waals surface area (Å²) in [6.07, 6.45) is 0. The highest BCUT2D eigenvalue weighted by molar-refractivity contribution is 7.13. The number of rotatable bonds is 3. The molecule has 1 N–H and O–H groups in total. The normalized spacial score (nSPS) is 12.2. The summed E-state index contributed by atoms with van der Waals surface area (Å²) in [5.74, 6) is 0.00354. The van der Waals surface area contributed by atoms with E-state index in [9.17, 15) is 4.79 Å². The monoisotopic (exact) mass is 273 g/mol. The van der Waals surface area contributed by atoms with Crippen molar-refractivity contribution < 1.29 is 4.79 Å². The molecule has 1 aromatic carbocycles. The van der Waals surface area contributed by atoms with Crippen molar-refractivity contribution in [1.29, 1.82) is 0 Å². The maximum absolute atomic E-state index is 12.1. The van der Waals surface area contributed by atoms with Crippen LogP contribution >= 0.6 is 11.3 Å². The number of thiophene rings is 1. The average Bonchev–Trinajstić information content (AvgIpc) is 2.79. The molecule has 0 saturated heterocycles. The molecule has 2 nitrogen and oxygen atoms in total. The van der Waals surface area contributed by atoms with Crippen LogP contribution in [-0.2, 0) is 0 Å². The van der Waals surface area contributed by atoms with Crippen molar-refractivity contribution in [3.63, 3.8) is 0 Å². The van der Waals surface area contributed by atoms with Crippen LogP contribution < -0.4 is 5.32 Å². The Hall–Kier alpha value is -1.61. The van der Waals surface area contributed by atoms with Crippen LogP contribution in [0.25, 0.3) is 0 Å². The van der Waals surface area contributed by atoms with Crippen molar-refractivity contribution in [2.45, 2.75) is 33.7 Å². The van der Waals surface area contributed by atoms with Crippen molar-refractivity contribution in [2.24, 2.45) is 0 Å². The quantitative estimate of drug-likeness (QED) is 0.893. The number of nitrogens with one attached hydrogen (secondary N) is 1. The Bertz CT molecular complexity index is 601. The zero-order chi connectivity index (χ0) is 14.0. The molecule has 0 aliphatic carbocycles. The van der Waals surface area contributed by atoms with Gasteiger partial charge in [-0.15, -0.1) is 11.3 Å². The average molecular weight is 273 g/mol. The van der Waals surface area contributed by atoms with Crippen LogP contribution in [0.2, 0.25) is 0 Å². The largest absolute Gasteiger partial charge is 0.345 e. The topological polar surface area (TPSA) is 29.1 Å². The molecular formula is C16H19NOS. The van der Waals surface area contributed by atoms with E-state index in [2.05, 4.69) is 37.4 Å². The van der Waals surface area contributed by atoms with E-state index in [4.69, 9.17) is 0 Å². The van der Waals surface area contributed by atoms with Gasteiger partial charge in [-0.1, -0.05) is 18.2 Å². The second-order valence-electron chi connectivity index (χ2n) is 4.95. The number of aryl methyl sites for hydroxylation is 3. The number of carbonyl (C=O) groups is 1. The Morgan fingerprint density at radius 3 is 2.42 bits per heavy atom. The van der Waals surface area contributed by atoms with Gasteiger partial charge in [0.25, 0.3) is 5.91 Å². The van der Waals surface area contributed by atoms with Crippen molar-refractivity contribution in [3.05, 3.63) is 56.8 Å². The molecule has 0 fully saturated rings. The first-order valence-corrected chi connectivity index (χ1v) is 7.23. The number of benzene rings is 1. The van der Waals surface area contributed by atoms with Gasteiger partial charge in [-0.3, -0.25) is 4.79 Å². The second kappa shape index (κ2) is 5.57. The summed E-state index contributed by atoms with van der Waals surface area (Å²) in [7, 11) is 0. The van der Waals surface area contributed by atoms with Crippen molar-refractivity contribution in [3.8, 4) is 0 Å². The van der Waals surface area contributed by atoms with Gasteiger partial charge in [-0.25, -0.2) is 0 Å². The zero-order valence-electron chi connectivity index (χ0n) is 11.8. The van der Waals surface area contributed by atoms with Gasteiger partial charge in [0.05, 0.1) is 10.9 Å². The van der Waals surface area contributed by atoms with E-state index in [0.29, 0.717) is 0 Å². The molecule has 0 aliphatic heterocycles. The third kappa shape index (κ3) is 3.24. The lowest BCUT2D eigenvalue weighted by atomic mass is 10.0. The van der Waals surface area contributed by atoms with Gasteiger partial charge < -0.3 is 5.32 Å². The third-order valence-corrected chi connectivity index (χ3v) is 4.34. The van der Waals surface area contributed by atoms with Crippen LogP contribution in [0.5, 0.6) is 0 Å². The van der Waals surface area contributed by atoms with Crippen LogP contribution in [0.1, 0.15) is 44.2 Å². The maximum Gasteiger partial charge on any atom is 0.261 e. The molecule has 2 rings (SSSR count). The van der Waals surface area contributed by atoms with Gasteiger partial charge in [-0.05, 0) is 56.5 Å². The lowest BCUT2D eigenvalue weighted by molar-refractivity contribution is 0.0944. The minimum Gasteiger partial charge on any atom is -0.345 e. The SMILES string of the molecule is Cc1ccc(C(=O)N[C@@H](C)c2ccc(C)c(C)c2)s1. The van der Waals surface area contributed by atoms with E-state index in [1.165, 1.54) is 22.5 Å². The summed E-state index contributed by atoms with van der Waals surface area (Å²) in [6, 6.07) is 10.2. The van der Waals surface area contributed by atoms with Crippen LogP contribution in [0, 0.1) is 20.8 Å². The van der Waals surface area contributed by atoms with Gasteiger partial charge in [0.2, 0.25) is 0 Å². The van der Waals surface area contributed by atoms with Crippen LogP contribution in [-0.4, -0.2) is 5.91 Å². The summed E-state index contributed by atoms with van der Waals surface area (Å²) >= 11 is 1.53. The lowest BCUT2D eigenvalue weighted by Gasteiger charge is -2.15. The molecular weight excluding hydrogens is 254 g/mol. The second-order valence-corrected chi connectivity index (χ2v) is 6.24. The molecule has 1 amide bonds. The smallest absolute Gasteiger partial charge is 0.261 e. The summed E-state index contributed by atoms with van der Waals surface area (Å²) in [5.41, 5.74) is 3.67. The van der Waals surface area contributed by atoms with E-state index in [0.717, 1.165) is 15.3 Å². The summed E-state index contributed by atoms with van der Waals surface area (Å²) in [4.78, 5) is 14.0.